The zero-order valence-corrected chi connectivity index (χ0v) is 13.9. The maximum atomic E-state index is 11.8. The monoisotopic (exact) mass is 322 g/mol. The van der Waals surface area contributed by atoms with E-state index < -0.39 is 27.8 Å². The van der Waals surface area contributed by atoms with Crippen LogP contribution in [0.5, 0.6) is 0 Å². The van der Waals surface area contributed by atoms with Crippen LogP contribution >= 0.6 is 0 Å². The lowest BCUT2D eigenvalue weighted by Crippen LogP contribution is -2.44. The molecule has 1 amide bonds. The number of aliphatic carboxylic acids is 1. The Hall–Kier alpha value is -1.15. The van der Waals surface area contributed by atoms with Crippen LogP contribution in [0.15, 0.2) is 0 Å². The Labute approximate surface area is 126 Å². The van der Waals surface area contributed by atoms with Crippen LogP contribution in [0.4, 0.5) is 0 Å². The second kappa shape index (κ2) is 7.74. The Morgan fingerprint density at radius 2 is 1.81 bits per heavy atom. The molecule has 0 radical (unpaired) electrons. The Kier molecular flexibility index (Phi) is 7.32. The van der Waals surface area contributed by atoms with Crippen LogP contribution < -0.4 is 11.1 Å². The van der Waals surface area contributed by atoms with Crippen molar-refractivity contribution in [1.82, 2.24) is 5.32 Å². The van der Waals surface area contributed by atoms with Crippen molar-refractivity contribution < 1.29 is 23.1 Å². The van der Waals surface area contributed by atoms with Gasteiger partial charge in [0.25, 0.3) is 0 Å². The van der Waals surface area contributed by atoms with Crippen molar-refractivity contribution in [2.24, 2.45) is 11.1 Å². The van der Waals surface area contributed by atoms with Crippen molar-refractivity contribution in [2.75, 3.05) is 12.0 Å². The Balaban J connectivity index is 4.45. The predicted molar refractivity (Wildman–Crippen MR) is 80.6 cm³/mol. The molecule has 0 rings (SSSR count). The molecule has 0 aliphatic carbocycles. The molecular formula is C13H26N2O5S. The van der Waals surface area contributed by atoms with Crippen molar-refractivity contribution in [1.29, 1.82) is 0 Å². The van der Waals surface area contributed by atoms with Crippen LogP contribution in [0.25, 0.3) is 0 Å². The molecule has 0 fully saturated rings. The summed E-state index contributed by atoms with van der Waals surface area (Å²) in [4.78, 5) is 22.8. The highest BCUT2D eigenvalue weighted by molar-refractivity contribution is 7.90. The molecule has 0 bridgehead atoms. The zero-order valence-electron chi connectivity index (χ0n) is 13.0. The molecule has 0 aliphatic heterocycles. The molecule has 0 aromatic carbocycles. The van der Waals surface area contributed by atoms with Gasteiger partial charge in [-0.15, -0.1) is 0 Å². The summed E-state index contributed by atoms with van der Waals surface area (Å²) >= 11 is 0. The van der Waals surface area contributed by atoms with Crippen LogP contribution in [0.2, 0.25) is 0 Å². The Morgan fingerprint density at radius 3 is 2.19 bits per heavy atom. The standard InChI is InChI=1S/C13H26N2O5S/c1-13(2,3)8-9(14)7-11(16)15-10(12(17)18)5-6-21(4,19)20/h9-10H,5-8,14H2,1-4H3,(H,15,16)(H,17,18). The van der Waals surface area contributed by atoms with Crippen molar-refractivity contribution in [3.8, 4) is 0 Å². The molecule has 7 nitrogen and oxygen atoms in total. The summed E-state index contributed by atoms with van der Waals surface area (Å²) in [5.74, 6) is -2.03. The summed E-state index contributed by atoms with van der Waals surface area (Å²) < 4.78 is 22.1. The van der Waals surface area contributed by atoms with Crippen molar-refractivity contribution in [2.45, 2.75) is 52.1 Å². The molecule has 0 heterocycles. The number of hydrogen-bond donors (Lipinski definition) is 3. The van der Waals surface area contributed by atoms with Gasteiger partial charge in [-0.3, -0.25) is 4.79 Å². The molecule has 8 heteroatoms. The van der Waals surface area contributed by atoms with E-state index in [4.69, 9.17) is 10.8 Å². The summed E-state index contributed by atoms with van der Waals surface area (Å²) in [7, 11) is -3.27. The molecule has 2 atom stereocenters. The highest BCUT2D eigenvalue weighted by Gasteiger charge is 2.24. The third-order valence-corrected chi connectivity index (χ3v) is 3.71. The third kappa shape index (κ3) is 11.2. The number of rotatable bonds is 8. The minimum Gasteiger partial charge on any atom is -0.480 e. The molecule has 0 saturated heterocycles. The molecule has 124 valence electrons. The molecule has 0 saturated carbocycles. The van der Waals surface area contributed by atoms with Gasteiger partial charge in [-0.2, -0.15) is 0 Å². The fourth-order valence-corrected chi connectivity index (χ4v) is 2.60. The molecule has 4 N–H and O–H groups in total. The first-order chi connectivity index (χ1) is 9.30. The number of amides is 1. The fourth-order valence-electron chi connectivity index (χ4n) is 1.94. The van der Waals surface area contributed by atoms with E-state index in [0.717, 1.165) is 6.26 Å². The number of nitrogens with two attached hydrogens (primary N) is 1. The average Bonchev–Trinajstić information content (AvgIpc) is 2.19. The first kappa shape index (κ1) is 19.9. The van der Waals surface area contributed by atoms with Gasteiger partial charge < -0.3 is 16.2 Å². The van der Waals surface area contributed by atoms with Gasteiger partial charge >= 0.3 is 5.97 Å². The lowest BCUT2D eigenvalue weighted by atomic mass is 9.87. The van der Waals surface area contributed by atoms with Gasteiger partial charge in [-0.1, -0.05) is 20.8 Å². The van der Waals surface area contributed by atoms with Gasteiger partial charge in [0.05, 0.1) is 5.75 Å². The number of carbonyl (C=O) groups is 2. The molecule has 0 aliphatic rings. The second-order valence-electron chi connectivity index (χ2n) is 6.61. The van der Waals surface area contributed by atoms with Gasteiger partial charge in [0, 0.05) is 18.7 Å². The van der Waals surface area contributed by atoms with Gasteiger partial charge in [-0.25, -0.2) is 13.2 Å². The molecule has 21 heavy (non-hydrogen) atoms. The van der Waals surface area contributed by atoms with E-state index in [2.05, 4.69) is 5.32 Å². The van der Waals surface area contributed by atoms with Crippen molar-refractivity contribution in [3.05, 3.63) is 0 Å². The topological polar surface area (TPSA) is 127 Å². The number of nitrogens with one attached hydrogen (secondary N) is 1. The van der Waals surface area contributed by atoms with E-state index in [-0.39, 0.29) is 30.1 Å². The van der Waals surface area contributed by atoms with E-state index in [1.54, 1.807) is 0 Å². The van der Waals surface area contributed by atoms with E-state index in [1.807, 2.05) is 20.8 Å². The van der Waals surface area contributed by atoms with Crippen LogP contribution in [0.1, 0.15) is 40.0 Å². The average molecular weight is 322 g/mol. The summed E-state index contributed by atoms with van der Waals surface area (Å²) in [6, 6.07) is -1.58. The molecular weight excluding hydrogens is 296 g/mol. The Morgan fingerprint density at radius 1 is 1.29 bits per heavy atom. The first-order valence-corrected chi connectivity index (χ1v) is 8.82. The highest BCUT2D eigenvalue weighted by atomic mass is 32.2. The lowest BCUT2D eigenvalue weighted by Gasteiger charge is -2.23. The molecule has 0 aromatic heterocycles. The second-order valence-corrected chi connectivity index (χ2v) is 8.87. The number of sulfone groups is 1. The minimum absolute atomic E-state index is 0.0138. The molecule has 0 spiro atoms. The smallest absolute Gasteiger partial charge is 0.326 e. The number of carboxylic acid groups (broad SMARTS) is 1. The van der Waals surface area contributed by atoms with Crippen molar-refractivity contribution >= 4 is 21.7 Å². The Bertz CT molecular complexity index is 467. The maximum absolute atomic E-state index is 11.8. The quantitative estimate of drug-likeness (QED) is 0.583. The van der Waals surface area contributed by atoms with Gasteiger partial charge in [0.1, 0.15) is 15.9 Å². The molecule has 0 aromatic rings. The van der Waals surface area contributed by atoms with Gasteiger partial charge in [-0.05, 0) is 18.3 Å². The number of carboxylic acids is 1. The largest absolute Gasteiger partial charge is 0.480 e. The van der Waals surface area contributed by atoms with Gasteiger partial charge in [0.2, 0.25) is 5.91 Å². The van der Waals surface area contributed by atoms with Gasteiger partial charge in [0.15, 0.2) is 0 Å². The lowest BCUT2D eigenvalue weighted by molar-refractivity contribution is -0.141. The molecule has 2 unspecified atom stereocenters. The highest BCUT2D eigenvalue weighted by Crippen LogP contribution is 2.20. The SMILES string of the molecule is CC(C)(C)CC(N)CC(=O)NC(CCS(C)(=O)=O)C(=O)O. The van der Waals surface area contributed by atoms with Crippen LogP contribution in [0, 0.1) is 5.41 Å². The fraction of sp³-hybridized carbons (Fsp3) is 0.846. The van der Waals surface area contributed by atoms with E-state index >= 15 is 0 Å². The van der Waals surface area contributed by atoms with Crippen LogP contribution in [-0.4, -0.2) is 49.5 Å². The zero-order chi connectivity index (χ0) is 16.8. The summed E-state index contributed by atoms with van der Waals surface area (Å²) in [5.41, 5.74) is 5.83. The normalized spacial score (nSPS) is 15.3. The van der Waals surface area contributed by atoms with E-state index in [1.165, 1.54) is 0 Å². The van der Waals surface area contributed by atoms with Crippen LogP contribution in [-0.2, 0) is 19.4 Å². The summed E-state index contributed by atoms with van der Waals surface area (Å²) in [6.07, 6.45) is 1.50. The predicted octanol–water partition coefficient (Wildman–Crippen LogP) is 0.144. The van der Waals surface area contributed by atoms with Crippen molar-refractivity contribution in [3.63, 3.8) is 0 Å². The van der Waals surface area contributed by atoms with E-state index in [9.17, 15) is 18.0 Å². The van der Waals surface area contributed by atoms with E-state index in [0.29, 0.717) is 6.42 Å². The number of carbonyl (C=O) groups excluding carboxylic acids is 1. The summed E-state index contributed by atoms with van der Waals surface area (Å²) in [5, 5.41) is 11.3. The first-order valence-electron chi connectivity index (χ1n) is 6.75. The van der Waals surface area contributed by atoms with Crippen LogP contribution in [0.3, 0.4) is 0 Å². The maximum Gasteiger partial charge on any atom is 0.326 e. The minimum atomic E-state index is -3.27. The summed E-state index contributed by atoms with van der Waals surface area (Å²) in [6.45, 7) is 5.99. The number of hydrogen-bond acceptors (Lipinski definition) is 5. The third-order valence-electron chi connectivity index (χ3n) is 2.73.